The number of benzene rings is 9. The molecule has 0 N–H and O–H groups in total. The first-order chi connectivity index (χ1) is 28.7. The second-order valence-corrected chi connectivity index (χ2v) is 14.4. The molecule has 4 heteroatoms. The van der Waals surface area contributed by atoms with Gasteiger partial charge in [0, 0.05) is 16.7 Å². The highest BCUT2D eigenvalue weighted by Gasteiger charge is 2.18. The molecular formula is C54H34N4. The molecule has 0 fully saturated rings. The molecule has 0 amide bonds. The Bertz CT molecular complexity index is 3180. The molecule has 0 bridgehead atoms. The summed E-state index contributed by atoms with van der Waals surface area (Å²) < 4.78 is 0. The summed E-state index contributed by atoms with van der Waals surface area (Å²) in [6, 6.07) is 73.6. The van der Waals surface area contributed by atoms with Crippen molar-refractivity contribution in [2.24, 2.45) is 0 Å². The Morgan fingerprint density at radius 2 is 0.759 bits per heavy atom. The van der Waals surface area contributed by atoms with Crippen LogP contribution in [0.2, 0.25) is 0 Å². The predicted octanol–water partition coefficient (Wildman–Crippen LogP) is 13.7. The average Bonchev–Trinajstić information content (AvgIpc) is 3.31. The fourth-order valence-electron chi connectivity index (χ4n) is 7.74. The fraction of sp³-hybridized carbons (Fsp3) is 0. The fourth-order valence-corrected chi connectivity index (χ4v) is 7.74. The van der Waals surface area contributed by atoms with Gasteiger partial charge in [0.1, 0.15) is 0 Å². The predicted molar refractivity (Wildman–Crippen MR) is 238 cm³/mol. The molecular weight excluding hydrogens is 705 g/mol. The molecule has 0 aliphatic carbocycles. The summed E-state index contributed by atoms with van der Waals surface area (Å²) in [6.07, 6.45) is 0. The highest BCUT2D eigenvalue weighted by molar-refractivity contribution is 5.93. The number of fused-ring (bicyclic) bond motifs is 2. The summed E-state index contributed by atoms with van der Waals surface area (Å²) in [5.41, 5.74) is 11.5. The van der Waals surface area contributed by atoms with Crippen LogP contribution in [0.3, 0.4) is 0 Å². The van der Waals surface area contributed by atoms with Gasteiger partial charge in [0.15, 0.2) is 17.5 Å². The van der Waals surface area contributed by atoms with E-state index in [2.05, 4.69) is 164 Å². The van der Waals surface area contributed by atoms with Crippen molar-refractivity contribution in [2.45, 2.75) is 0 Å². The lowest BCUT2D eigenvalue weighted by atomic mass is 9.92. The van der Waals surface area contributed by atoms with Crippen molar-refractivity contribution < 1.29 is 0 Å². The van der Waals surface area contributed by atoms with E-state index in [9.17, 15) is 5.26 Å². The zero-order valence-electron chi connectivity index (χ0n) is 31.4. The van der Waals surface area contributed by atoms with Crippen LogP contribution in [0.5, 0.6) is 0 Å². The highest BCUT2D eigenvalue weighted by atomic mass is 15.0. The van der Waals surface area contributed by atoms with E-state index in [1.807, 2.05) is 48.5 Å². The molecule has 0 atom stereocenters. The summed E-state index contributed by atoms with van der Waals surface area (Å²) in [5, 5.41) is 14.7. The molecule has 270 valence electrons. The van der Waals surface area contributed by atoms with Crippen LogP contribution >= 0.6 is 0 Å². The molecule has 58 heavy (non-hydrogen) atoms. The minimum absolute atomic E-state index is 0.545. The van der Waals surface area contributed by atoms with Crippen LogP contribution in [0, 0.1) is 11.3 Å². The standard InChI is InChI=1S/C54H34N4/c55-35-48-17-8-9-20-49(48)45-18-10-19-47(33-45)53-56-52(40-25-21-39(22-26-40)36-11-2-1-3-12-36)57-54(58-53)51-34-44(43-27-23-37-13-4-6-15-41(37)31-43)29-30-50(51)46-28-24-38-14-5-7-16-42(38)32-46/h1-34H. The smallest absolute Gasteiger partial charge is 0.164 e. The molecule has 0 spiro atoms. The molecule has 0 radical (unpaired) electrons. The average molecular weight is 739 g/mol. The van der Waals surface area contributed by atoms with E-state index in [0.717, 1.165) is 66.6 Å². The second kappa shape index (κ2) is 14.9. The van der Waals surface area contributed by atoms with Crippen LogP contribution in [-0.2, 0) is 0 Å². The van der Waals surface area contributed by atoms with Crippen LogP contribution in [-0.4, -0.2) is 15.0 Å². The third-order valence-electron chi connectivity index (χ3n) is 10.8. The van der Waals surface area contributed by atoms with Gasteiger partial charge < -0.3 is 0 Å². The molecule has 0 aliphatic heterocycles. The van der Waals surface area contributed by atoms with Gasteiger partial charge in [-0.15, -0.1) is 0 Å². The van der Waals surface area contributed by atoms with Crippen molar-refractivity contribution in [3.8, 4) is 84.7 Å². The van der Waals surface area contributed by atoms with Crippen molar-refractivity contribution in [1.29, 1.82) is 5.26 Å². The van der Waals surface area contributed by atoms with Gasteiger partial charge >= 0.3 is 0 Å². The Balaban J connectivity index is 1.19. The van der Waals surface area contributed by atoms with Crippen molar-refractivity contribution in [3.63, 3.8) is 0 Å². The van der Waals surface area contributed by atoms with Gasteiger partial charge in [-0.1, -0.05) is 176 Å². The molecule has 0 saturated heterocycles. The minimum Gasteiger partial charge on any atom is -0.208 e. The van der Waals surface area contributed by atoms with E-state index < -0.39 is 0 Å². The number of nitriles is 1. The van der Waals surface area contributed by atoms with Crippen LogP contribution in [0.1, 0.15) is 5.56 Å². The maximum absolute atomic E-state index is 9.94. The van der Waals surface area contributed by atoms with Crippen molar-refractivity contribution >= 4 is 21.5 Å². The molecule has 0 aliphatic rings. The Kier molecular flexibility index (Phi) is 8.87. The van der Waals surface area contributed by atoms with Gasteiger partial charge in [-0.25, -0.2) is 15.0 Å². The summed E-state index contributed by atoms with van der Waals surface area (Å²) >= 11 is 0. The third-order valence-corrected chi connectivity index (χ3v) is 10.8. The van der Waals surface area contributed by atoms with E-state index >= 15 is 0 Å². The van der Waals surface area contributed by atoms with Gasteiger partial charge in [-0.2, -0.15) is 5.26 Å². The number of nitrogens with zero attached hydrogens (tertiary/aromatic N) is 4. The summed E-state index contributed by atoms with van der Waals surface area (Å²) in [7, 11) is 0. The van der Waals surface area contributed by atoms with Gasteiger partial charge in [0.2, 0.25) is 0 Å². The highest BCUT2D eigenvalue weighted by Crippen LogP contribution is 2.38. The zero-order chi connectivity index (χ0) is 38.8. The van der Waals surface area contributed by atoms with Gasteiger partial charge in [0.25, 0.3) is 0 Å². The van der Waals surface area contributed by atoms with E-state index in [0.29, 0.717) is 23.0 Å². The van der Waals surface area contributed by atoms with Crippen molar-refractivity contribution in [3.05, 3.63) is 212 Å². The van der Waals surface area contributed by atoms with Crippen LogP contribution in [0.4, 0.5) is 0 Å². The number of hydrogen-bond acceptors (Lipinski definition) is 4. The van der Waals surface area contributed by atoms with Crippen molar-refractivity contribution in [2.75, 3.05) is 0 Å². The Morgan fingerprint density at radius 3 is 1.50 bits per heavy atom. The summed E-state index contributed by atoms with van der Waals surface area (Å²) in [5.74, 6) is 1.69. The molecule has 10 aromatic rings. The lowest BCUT2D eigenvalue weighted by Crippen LogP contribution is -2.01. The topological polar surface area (TPSA) is 62.5 Å². The maximum atomic E-state index is 9.94. The van der Waals surface area contributed by atoms with Gasteiger partial charge in [-0.3, -0.25) is 0 Å². The SMILES string of the molecule is N#Cc1ccccc1-c1cccc(-c2nc(-c3ccc(-c4ccccc4)cc3)nc(-c3cc(-c4ccc5ccccc5c4)ccc3-c3ccc4ccccc4c3)n2)c1. The Labute approximate surface area is 337 Å². The Morgan fingerprint density at radius 1 is 0.276 bits per heavy atom. The summed E-state index contributed by atoms with van der Waals surface area (Å²) in [4.78, 5) is 15.7. The minimum atomic E-state index is 0.545. The van der Waals surface area contributed by atoms with E-state index in [-0.39, 0.29) is 0 Å². The van der Waals surface area contributed by atoms with Crippen LogP contribution in [0.25, 0.3) is 100 Å². The summed E-state index contributed by atoms with van der Waals surface area (Å²) in [6.45, 7) is 0. The number of aromatic nitrogens is 3. The normalized spacial score (nSPS) is 11.1. The zero-order valence-corrected chi connectivity index (χ0v) is 31.4. The van der Waals surface area contributed by atoms with Crippen LogP contribution < -0.4 is 0 Å². The van der Waals surface area contributed by atoms with E-state index in [1.54, 1.807) is 0 Å². The lowest BCUT2D eigenvalue weighted by Gasteiger charge is -2.15. The Hall–Kier alpha value is -8.00. The van der Waals surface area contributed by atoms with Crippen LogP contribution in [0.15, 0.2) is 206 Å². The number of rotatable bonds is 7. The first-order valence-electron chi connectivity index (χ1n) is 19.3. The van der Waals surface area contributed by atoms with E-state index in [4.69, 9.17) is 15.0 Å². The molecule has 10 rings (SSSR count). The molecule has 9 aromatic carbocycles. The maximum Gasteiger partial charge on any atom is 0.164 e. The molecule has 0 unspecified atom stereocenters. The first-order valence-corrected chi connectivity index (χ1v) is 19.3. The van der Waals surface area contributed by atoms with Gasteiger partial charge in [-0.05, 0) is 96.4 Å². The second-order valence-electron chi connectivity index (χ2n) is 14.4. The van der Waals surface area contributed by atoms with Gasteiger partial charge in [0.05, 0.1) is 11.6 Å². The van der Waals surface area contributed by atoms with Crippen molar-refractivity contribution in [1.82, 2.24) is 15.0 Å². The molecule has 0 saturated carbocycles. The largest absolute Gasteiger partial charge is 0.208 e. The molecule has 1 aromatic heterocycles. The monoisotopic (exact) mass is 738 g/mol. The van der Waals surface area contributed by atoms with E-state index in [1.165, 1.54) is 16.2 Å². The third kappa shape index (κ3) is 6.68. The first kappa shape index (κ1) is 34.5. The molecule has 4 nitrogen and oxygen atoms in total. The lowest BCUT2D eigenvalue weighted by molar-refractivity contribution is 1.07. The number of hydrogen-bond donors (Lipinski definition) is 0. The quantitative estimate of drug-likeness (QED) is 0.163. The molecule has 1 heterocycles.